The molecule has 0 aliphatic heterocycles. The molecule has 0 aromatic heterocycles. The summed E-state index contributed by atoms with van der Waals surface area (Å²) in [5.41, 5.74) is 9.11. The number of nitrogens with two attached hydrogens (primary N) is 2. The summed E-state index contributed by atoms with van der Waals surface area (Å²) in [6, 6.07) is 35.9. The summed E-state index contributed by atoms with van der Waals surface area (Å²) in [4.78, 5) is 59.5. The van der Waals surface area contributed by atoms with Gasteiger partial charge in [0.25, 0.3) is 5.91 Å². The van der Waals surface area contributed by atoms with Crippen molar-refractivity contribution in [1.82, 2.24) is 10.2 Å². The highest BCUT2D eigenvalue weighted by Crippen LogP contribution is 2.11. The number of hydrogen-bond acceptors (Lipinski definition) is 9. The maximum Gasteiger partial charge on any atom is 0.410 e. The van der Waals surface area contributed by atoms with Gasteiger partial charge in [0.1, 0.15) is 36.9 Å². The number of benzene rings is 4. The Morgan fingerprint density at radius 2 is 1.08 bits per heavy atom. The van der Waals surface area contributed by atoms with E-state index in [1.165, 1.54) is 14.0 Å². The molecule has 14 heteroatoms. The van der Waals surface area contributed by atoms with E-state index in [4.69, 9.17) is 25.1 Å². The molecule has 4 atom stereocenters. The van der Waals surface area contributed by atoms with Crippen LogP contribution in [0.2, 0.25) is 0 Å². The van der Waals surface area contributed by atoms with E-state index in [1.807, 2.05) is 128 Å². The Kier molecular flexibility index (Phi) is 23.5. The zero-order valence-electron chi connectivity index (χ0n) is 34.9. The van der Waals surface area contributed by atoms with Gasteiger partial charge in [-0.25, -0.2) is 14.4 Å². The molecule has 0 fully saturated rings. The van der Waals surface area contributed by atoms with Gasteiger partial charge in [-0.2, -0.15) is 0 Å². The van der Waals surface area contributed by atoms with Crippen LogP contribution in [0.5, 0.6) is 0 Å². The molecule has 320 valence electrons. The van der Waals surface area contributed by atoms with Crippen molar-refractivity contribution in [1.29, 1.82) is 0 Å². The van der Waals surface area contributed by atoms with Crippen molar-refractivity contribution >= 4 is 29.9 Å². The fourth-order valence-electron chi connectivity index (χ4n) is 4.77. The highest BCUT2D eigenvalue weighted by molar-refractivity contribution is 5.86. The van der Waals surface area contributed by atoms with Crippen LogP contribution >= 0.6 is 0 Å². The molecule has 0 radical (unpaired) electrons. The lowest BCUT2D eigenvalue weighted by Gasteiger charge is -2.26. The number of esters is 2. The Hall–Kier alpha value is -5.76. The van der Waals surface area contributed by atoms with Gasteiger partial charge in [-0.1, -0.05) is 121 Å². The standard InChI is InChI=1S/C20H24N2O3.C16H17NO2.C9H17NO4.ClH/c1-15(21-2)19(23)22-18(13-16-9-5-3-6-10-16)20(24)25-14-17-11-7-4-8-12-17;17-15(11-13-7-3-1-4-8-13)16(18)19-12-14-9-5-2-6-10-14;1-6(7(11)12)10(5)8(13)14-9(2,3)4;/h3-12,15,18,21H,13-14H2,1-2H3,(H,22,23);1-10,15H,11-12,17H2;6H,1-5H3,(H,11,12);1H/t15-,18-;15-;6-;/m111./s1. The molecule has 0 bridgehead atoms. The van der Waals surface area contributed by atoms with E-state index in [2.05, 4.69) is 5.32 Å². The Morgan fingerprint density at radius 1 is 0.695 bits per heavy atom. The van der Waals surface area contributed by atoms with Crippen molar-refractivity contribution in [2.75, 3.05) is 14.1 Å². The van der Waals surface area contributed by atoms with Gasteiger partial charge in [0.05, 0.1) is 7.05 Å². The Balaban J connectivity index is 0.000000458. The van der Waals surface area contributed by atoms with E-state index in [0.717, 1.165) is 27.2 Å². The number of carbonyl (C=O) groups is 5. The Morgan fingerprint density at radius 3 is 1.47 bits per heavy atom. The normalized spacial score (nSPS) is 12.4. The number of ether oxygens (including phenoxy) is 3. The third-order valence-corrected chi connectivity index (χ3v) is 8.47. The van der Waals surface area contributed by atoms with Crippen LogP contribution in [0.1, 0.15) is 56.9 Å². The largest absolute Gasteiger partial charge is 1.00 e. The minimum atomic E-state index is -1.06. The van der Waals surface area contributed by atoms with E-state index < -0.39 is 41.8 Å². The van der Waals surface area contributed by atoms with Crippen LogP contribution in [0.15, 0.2) is 121 Å². The lowest BCUT2D eigenvalue weighted by molar-refractivity contribution is -0.646. The van der Waals surface area contributed by atoms with E-state index in [0.29, 0.717) is 12.8 Å². The number of nitrogens with one attached hydrogen (secondary N) is 1. The highest BCUT2D eigenvalue weighted by atomic mass is 35.5. The molecule has 0 heterocycles. The number of carboxylic acids is 1. The molecular formula is C45H59ClN4O9. The van der Waals surface area contributed by atoms with Crippen LogP contribution in [0.3, 0.4) is 0 Å². The molecule has 4 rings (SSSR count). The molecule has 0 spiro atoms. The minimum Gasteiger partial charge on any atom is -1.00 e. The summed E-state index contributed by atoms with van der Waals surface area (Å²) < 4.78 is 15.6. The molecule has 0 saturated carbocycles. The maximum atomic E-state index is 12.5. The molecule has 6 N–H and O–H groups in total. The Bertz CT molecular complexity index is 1830. The van der Waals surface area contributed by atoms with Gasteiger partial charge in [0.2, 0.25) is 0 Å². The minimum absolute atomic E-state index is 0. The average molecular weight is 835 g/mol. The van der Waals surface area contributed by atoms with E-state index >= 15 is 0 Å². The van der Waals surface area contributed by atoms with Crippen molar-refractivity contribution in [3.8, 4) is 0 Å². The zero-order valence-corrected chi connectivity index (χ0v) is 35.6. The number of carbonyl (C=O) groups excluding carboxylic acids is 4. The van der Waals surface area contributed by atoms with E-state index in [9.17, 15) is 24.0 Å². The predicted molar refractivity (Wildman–Crippen MR) is 221 cm³/mol. The van der Waals surface area contributed by atoms with Crippen molar-refractivity contribution in [2.45, 2.75) is 90.4 Å². The quantitative estimate of drug-likeness (QED) is 0.101. The van der Waals surface area contributed by atoms with Crippen LogP contribution in [0, 0.1) is 0 Å². The smallest absolute Gasteiger partial charge is 0.410 e. The third kappa shape index (κ3) is 21.0. The van der Waals surface area contributed by atoms with Gasteiger partial charge < -0.3 is 48.1 Å². The van der Waals surface area contributed by atoms with Crippen molar-refractivity contribution in [2.24, 2.45) is 5.73 Å². The molecule has 4 aromatic carbocycles. The van der Waals surface area contributed by atoms with Gasteiger partial charge in [-0.05, 0) is 63.3 Å². The van der Waals surface area contributed by atoms with Crippen LogP contribution in [-0.4, -0.2) is 83.8 Å². The van der Waals surface area contributed by atoms with E-state index in [1.54, 1.807) is 33.0 Å². The van der Waals surface area contributed by atoms with Crippen molar-refractivity contribution in [3.63, 3.8) is 0 Å². The lowest BCUT2D eigenvalue weighted by Crippen LogP contribution is -3.00. The number of quaternary nitrogens is 1. The number of nitrogens with zero attached hydrogens (tertiary/aromatic N) is 1. The van der Waals surface area contributed by atoms with E-state index in [-0.39, 0.29) is 43.5 Å². The lowest BCUT2D eigenvalue weighted by atomic mass is 10.1. The average Bonchev–Trinajstić information content (AvgIpc) is 3.22. The van der Waals surface area contributed by atoms with Crippen LogP contribution in [0.4, 0.5) is 4.79 Å². The van der Waals surface area contributed by atoms with Gasteiger partial charge in [0.15, 0.2) is 6.04 Å². The molecule has 0 unspecified atom stereocenters. The predicted octanol–water partition coefficient (Wildman–Crippen LogP) is 1.67. The monoisotopic (exact) mass is 834 g/mol. The summed E-state index contributed by atoms with van der Waals surface area (Å²) in [6.45, 7) is 8.85. The van der Waals surface area contributed by atoms with Gasteiger partial charge in [-0.15, -0.1) is 0 Å². The first-order valence-corrected chi connectivity index (χ1v) is 19.0. The third-order valence-electron chi connectivity index (χ3n) is 8.47. The summed E-state index contributed by atoms with van der Waals surface area (Å²) in [6.07, 6.45) is 0.262. The van der Waals surface area contributed by atoms with Gasteiger partial charge in [0, 0.05) is 13.5 Å². The van der Waals surface area contributed by atoms with Crippen LogP contribution in [-0.2, 0) is 59.4 Å². The molecule has 2 amide bonds. The molecule has 59 heavy (non-hydrogen) atoms. The number of halogens is 1. The van der Waals surface area contributed by atoms with Crippen LogP contribution in [0.25, 0.3) is 0 Å². The number of hydrogen-bond donors (Lipinski definition) is 4. The summed E-state index contributed by atoms with van der Waals surface area (Å²) in [7, 11) is 3.22. The number of carboxylic acid groups (broad SMARTS) is 1. The first-order chi connectivity index (χ1) is 27.5. The number of amides is 2. The van der Waals surface area contributed by atoms with Crippen LogP contribution < -0.4 is 28.8 Å². The maximum absolute atomic E-state index is 12.5. The topological polar surface area (TPSA) is 191 Å². The van der Waals surface area contributed by atoms with Gasteiger partial charge >= 0.3 is 24.0 Å². The highest BCUT2D eigenvalue weighted by Gasteiger charge is 2.27. The molecule has 0 saturated heterocycles. The Labute approximate surface area is 354 Å². The molecule has 0 aliphatic rings. The molecule has 4 aromatic rings. The number of likely N-dealkylation sites (N-methyl/N-ethyl adjacent to an activating group) is 2. The first kappa shape index (κ1) is 51.3. The second-order valence-electron chi connectivity index (χ2n) is 14.5. The second kappa shape index (κ2) is 27.0. The fourth-order valence-corrected chi connectivity index (χ4v) is 4.77. The molecular weight excluding hydrogens is 776 g/mol. The summed E-state index contributed by atoms with van der Waals surface area (Å²) in [5.74, 6) is -2.03. The van der Waals surface area contributed by atoms with Crippen molar-refractivity contribution in [3.05, 3.63) is 144 Å². The second-order valence-corrected chi connectivity index (χ2v) is 14.5. The number of rotatable bonds is 15. The summed E-state index contributed by atoms with van der Waals surface area (Å²) >= 11 is 0. The molecule has 13 nitrogen and oxygen atoms in total. The number of aliphatic carboxylic acids is 1. The SMILES string of the molecule is C[C@H](C(=O)O)N(C)C(=O)OC(C)(C)C.C[NH2+][C@H](C)C(=O)N[C@H](Cc1ccccc1)C(=O)OCc1ccccc1.N[C@H](Cc1ccccc1)C(=O)OCc1ccccc1.[Cl-]. The fraction of sp³-hybridized carbons (Fsp3) is 0.356. The summed E-state index contributed by atoms with van der Waals surface area (Å²) in [5, 5.41) is 13.3. The molecule has 0 aliphatic carbocycles. The van der Waals surface area contributed by atoms with Gasteiger partial charge in [-0.3, -0.25) is 14.5 Å². The first-order valence-electron chi connectivity index (χ1n) is 19.0. The van der Waals surface area contributed by atoms with Crippen molar-refractivity contribution < 1.29 is 61.0 Å². The zero-order chi connectivity index (χ0) is 43.1.